The number of hydrogen-bond donors (Lipinski definition) is 0. The molecule has 0 fully saturated rings. The van der Waals surface area contributed by atoms with Gasteiger partial charge in [0.25, 0.3) is 0 Å². The van der Waals surface area contributed by atoms with Crippen molar-refractivity contribution in [3.05, 3.63) is 0 Å². The average Bonchev–Trinajstić information content (AvgIpc) is 1.35. The summed E-state index contributed by atoms with van der Waals surface area (Å²) in [5.74, 6) is 0. The smallest absolute Gasteiger partial charge is 0.248 e. The lowest BCUT2D eigenvalue weighted by atomic mass is 10.9. The molecule has 6 heavy (non-hydrogen) atoms. The largest absolute Gasteiger partial charge is 0.324 e. The minimum absolute atomic E-state index is 0.556. The highest BCUT2D eigenvalue weighted by Gasteiger charge is 1.81. The van der Waals surface area contributed by atoms with Crippen molar-refractivity contribution in [1.29, 1.82) is 0 Å². The van der Waals surface area contributed by atoms with E-state index in [1.807, 2.05) is 6.92 Å². The molecule has 0 aromatic carbocycles. The van der Waals surface area contributed by atoms with E-state index < -0.39 is 5.67 Å². The van der Waals surface area contributed by atoms with Crippen LogP contribution in [0.5, 0.6) is 0 Å². The fourth-order valence-electron chi connectivity index (χ4n) is 0.113. The Kier molecular flexibility index (Phi) is 4.72. The normalized spacial score (nSPS) is 14.3. The molecule has 0 aliphatic rings. The molecule has 0 spiro atoms. The second-order valence-electron chi connectivity index (χ2n) is 0.671. The topological polar surface area (TPSA) is 26.3 Å². The maximum absolute atomic E-state index is 9.99. The van der Waals surface area contributed by atoms with E-state index in [9.17, 15) is 4.57 Å². The lowest BCUT2D eigenvalue weighted by Gasteiger charge is -1.86. The number of halogens is 1. The van der Waals surface area contributed by atoms with Crippen molar-refractivity contribution in [2.45, 2.75) is 6.92 Å². The Morgan fingerprint density at radius 3 is 2.50 bits per heavy atom. The van der Waals surface area contributed by atoms with Crippen molar-refractivity contribution in [1.82, 2.24) is 0 Å². The first-order chi connectivity index (χ1) is 2.77. The Morgan fingerprint density at radius 2 is 2.50 bits per heavy atom. The fraction of sp³-hybridized carbons (Fsp3) is 1.00. The van der Waals surface area contributed by atoms with Crippen molar-refractivity contribution in [2.24, 2.45) is 0 Å². The fourth-order valence-corrected chi connectivity index (χ4v) is 1.27. The van der Waals surface area contributed by atoms with Crippen LogP contribution in [0.3, 0.4) is 0 Å². The summed E-state index contributed by atoms with van der Waals surface area (Å²) in [4.78, 5) is 0. The predicted molar refractivity (Wildman–Crippen MR) is 34.6 cm³/mol. The van der Waals surface area contributed by atoms with E-state index in [2.05, 4.69) is 4.52 Å². The van der Waals surface area contributed by atoms with Gasteiger partial charge < -0.3 is 4.52 Å². The zero-order valence-electron chi connectivity index (χ0n) is 3.40. The van der Waals surface area contributed by atoms with Gasteiger partial charge in [-0.1, -0.05) is 0 Å². The Bertz CT molecular complexity index is 55.5. The molecule has 0 radical (unpaired) electrons. The highest BCUT2D eigenvalue weighted by atomic mass is 127. The van der Waals surface area contributed by atoms with E-state index in [0.717, 1.165) is 0 Å². The molecule has 1 unspecified atom stereocenters. The van der Waals surface area contributed by atoms with Crippen LogP contribution in [0, 0.1) is 0 Å². The maximum Gasteiger partial charge on any atom is 0.248 e. The SMILES string of the molecule is CCO[PH](=O)I. The van der Waals surface area contributed by atoms with Crippen LogP contribution in [-0.2, 0) is 9.09 Å². The van der Waals surface area contributed by atoms with Crippen LogP contribution in [0.15, 0.2) is 0 Å². The van der Waals surface area contributed by atoms with Gasteiger partial charge in [-0.15, -0.1) is 0 Å². The van der Waals surface area contributed by atoms with Crippen molar-refractivity contribution in [3.63, 3.8) is 0 Å². The number of hydrogen-bond acceptors (Lipinski definition) is 2. The Hall–Kier alpha value is 0.920. The lowest BCUT2D eigenvalue weighted by Crippen LogP contribution is -1.68. The summed E-state index contributed by atoms with van der Waals surface area (Å²) in [6.45, 7) is 2.38. The Labute approximate surface area is 50.6 Å². The first kappa shape index (κ1) is 6.92. The molecule has 38 valence electrons. The standard InChI is InChI=1S/C2H6IO2P/c1-2-5-6(3)4/h6H,2H2,1H3. The zero-order valence-corrected chi connectivity index (χ0v) is 6.56. The van der Waals surface area contributed by atoms with Gasteiger partial charge in [0.05, 0.1) is 6.61 Å². The first-order valence-electron chi connectivity index (χ1n) is 1.59. The molecule has 0 saturated carbocycles. The van der Waals surface area contributed by atoms with Crippen LogP contribution in [0.25, 0.3) is 0 Å². The summed E-state index contributed by atoms with van der Waals surface area (Å²) < 4.78 is 14.6. The summed E-state index contributed by atoms with van der Waals surface area (Å²) in [5.41, 5.74) is -1.67. The molecular formula is C2H6IO2P. The third-order valence-electron chi connectivity index (χ3n) is 0.258. The zero-order chi connectivity index (χ0) is 4.99. The summed E-state index contributed by atoms with van der Waals surface area (Å²) in [6.07, 6.45) is 0. The molecule has 0 bridgehead atoms. The summed E-state index contributed by atoms with van der Waals surface area (Å²) in [6, 6.07) is 0. The van der Waals surface area contributed by atoms with E-state index in [1.54, 1.807) is 22.0 Å². The van der Waals surface area contributed by atoms with Crippen LogP contribution < -0.4 is 0 Å². The highest BCUT2D eigenvalue weighted by molar-refractivity contribution is 14.2. The first-order valence-corrected chi connectivity index (χ1v) is 6.02. The average molecular weight is 220 g/mol. The van der Waals surface area contributed by atoms with Gasteiger partial charge in [0.2, 0.25) is 5.67 Å². The monoisotopic (exact) mass is 220 g/mol. The van der Waals surface area contributed by atoms with Gasteiger partial charge in [-0.05, 0) is 6.92 Å². The van der Waals surface area contributed by atoms with Crippen LogP contribution >= 0.6 is 27.7 Å². The van der Waals surface area contributed by atoms with Crippen molar-refractivity contribution in [2.75, 3.05) is 6.61 Å². The lowest BCUT2D eigenvalue weighted by molar-refractivity contribution is 0.363. The van der Waals surface area contributed by atoms with Crippen LogP contribution in [0.1, 0.15) is 6.92 Å². The molecule has 1 atom stereocenters. The van der Waals surface area contributed by atoms with Gasteiger partial charge in [0.15, 0.2) is 0 Å². The predicted octanol–water partition coefficient (Wildman–Crippen LogP) is 1.85. The van der Waals surface area contributed by atoms with Crippen LogP contribution in [0.2, 0.25) is 0 Å². The third-order valence-corrected chi connectivity index (χ3v) is 1.71. The number of rotatable bonds is 2. The van der Waals surface area contributed by atoms with E-state index in [4.69, 9.17) is 0 Å². The minimum atomic E-state index is -1.67. The Morgan fingerprint density at radius 1 is 2.00 bits per heavy atom. The van der Waals surface area contributed by atoms with Gasteiger partial charge in [0, 0.05) is 22.0 Å². The van der Waals surface area contributed by atoms with Gasteiger partial charge in [-0.25, -0.2) is 0 Å². The highest BCUT2D eigenvalue weighted by Crippen LogP contribution is 2.31. The van der Waals surface area contributed by atoms with Gasteiger partial charge in [-0.3, -0.25) is 4.57 Å². The second kappa shape index (κ2) is 4.09. The molecule has 0 N–H and O–H groups in total. The molecule has 0 amide bonds. The Balaban J connectivity index is 2.83. The molecule has 0 aliphatic heterocycles. The molecule has 4 heteroatoms. The van der Waals surface area contributed by atoms with Crippen molar-refractivity contribution < 1.29 is 9.09 Å². The van der Waals surface area contributed by atoms with Crippen molar-refractivity contribution >= 4 is 27.7 Å². The van der Waals surface area contributed by atoms with Crippen LogP contribution in [-0.4, -0.2) is 6.61 Å². The molecular weight excluding hydrogens is 214 g/mol. The third kappa shape index (κ3) is 4.92. The molecule has 2 nitrogen and oxygen atoms in total. The molecule has 0 rings (SSSR count). The van der Waals surface area contributed by atoms with E-state index in [0.29, 0.717) is 6.61 Å². The summed E-state index contributed by atoms with van der Waals surface area (Å²) in [7, 11) is 0. The molecule has 0 aromatic heterocycles. The van der Waals surface area contributed by atoms with Gasteiger partial charge >= 0.3 is 0 Å². The van der Waals surface area contributed by atoms with E-state index in [1.165, 1.54) is 0 Å². The quantitative estimate of drug-likeness (QED) is 0.524. The summed E-state index contributed by atoms with van der Waals surface area (Å²) in [5, 5.41) is 0. The molecule has 0 saturated heterocycles. The second-order valence-corrected chi connectivity index (χ2v) is 4.08. The molecule has 0 aromatic rings. The van der Waals surface area contributed by atoms with Gasteiger partial charge in [-0.2, -0.15) is 0 Å². The van der Waals surface area contributed by atoms with Gasteiger partial charge in [0.1, 0.15) is 0 Å². The van der Waals surface area contributed by atoms with Crippen LogP contribution in [0.4, 0.5) is 0 Å². The summed E-state index contributed by atoms with van der Waals surface area (Å²) >= 11 is 1.77. The maximum atomic E-state index is 9.99. The molecule has 0 heterocycles. The minimum Gasteiger partial charge on any atom is -0.324 e. The van der Waals surface area contributed by atoms with E-state index >= 15 is 0 Å². The van der Waals surface area contributed by atoms with Crippen molar-refractivity contribution in [3.8, 4) is 0 Å². The van der Waals surface area contributed by atoms with E-state index in [-0.39, 0.29) is 0 Å². The molecule has 0 aliphatic carbocycles.